The van der Waals surface area contributed by atoms with Crippen molar-refractivity contribution in [2.24, 2.45) is 0 Å². The fourth-order valence-corrected chi connectivity index (χ4v) is 2.93. The van der Waals surface area contributed by atoms with Gasteiger partial charge in [-0.25, -0.2) is 9.18 Å². The second kappa shape index (κ2) is 6.96. The monoisotopic (exact) mass is 351 g/mol. The predicted molar refractivity (Wildman–Crippen MR) is 97.8 cm³/mol. The van der Waals surface area contributed by atoms with Crippen molar-refractivity contribution in [3.05, 3.63) is 82.3 Å². The molecule has 1 heterocycles. The van der Waals surface area contributed by atoms with Crippen molar-refractivity contribution in [1.82, 2.24) is 0 Å². The molecule has 1 aliphatic heterocycles. The third-order valence-corrected chi connectivity index (χ3v) is 4.27. The summed E-state index contributed by atoms with van der Waals surface area (Å²) in [7, 11) is 1.25. The summed E-state index contributed by atoms with van der Waals surface area (Å²) >= 11 is 0. The van der Waals surface area contributed by atoms with Crippen LogP contribution in [0.15, 0.2) is 65.4 Å². The molecule has 0 aromatic heterocycles. The van der Waals surface area contributed by atoms with E-state index in [0.717, 1.165) is 11.1 Å². The number of aryl methyl sites for hydroxylation is 1. The molecule has 0 atom stereocenters. The molecule has 26 heavy (non-hydrogen) atoms. The summed E-state index contributed by atoms with van der Waals surface area (Å²) in [6.07, 6.45) is 1.62. The molecular weight excluding hydrogens is 333 g/mol. The van der Waals surface area contributed by atoms with Crippen molar-refractivity contribution in [2.45, 2.75) is 13.8 Å². The Morgan fingerprint density at radius 3 is 2.35 bits per heavy atom. The van der Waals surface area contributed by atoms with Crippen LogP contribution in [0.3, 0.4) is 0 Å². The Balaban J connectivity index is 2.16. The van der Waals surface area contributed by atoms with Gasteiger partial charge >= 0.3 is 5.97 Å². The number of halogens is 1. The van der Waals surface area contributed by atoms with Crippen LogP contribution in [0.5, 0.6) is 0 Å². The van der Waals surface area contributed by atoms with Crippen LogP contribution in [0.25, 0.3) is 6.08 Å². The van der Waals surface area contributed by atoms with Crippen LogP contribution in [0.1, 0.15) is 18.1 Å². The minimum absolute atomic E-state index is 0.101. The van der Waals surface area contributed by atoms with E-state index >= 15 is 0 Å². The molecule has 0 saturated carbocycles. The highest BCUT2D eigenvalue weighted by Crippen LogP contribution is 2.36. The highest BCUT2D eigenvalue weighted by molar-refractivity contribution is 6.23. The maximum atomic E-state index is 14.2. The standard InChI is InChI=1S/C21H18FNO3/c1-13-8-10-15(11-9-13)12-16-19(21(25)26-3)14(2)23(20(16)24)18-7-5-4-6-17(18)22/h4-12H,1-3H3. The van der Waals surface area contributed by atoms with Crippen LogP contribution in [0.4, 0.5) is 10.1 Å². The van der Waals surface area contributed by atoms with Gasteiger partial charge in [0.2, 0.25) is 0 Å². The number of nitrogens with zero attached hydrogens (tertiary/aromatic N) is 1. The first kappa shape index (κ1) is 17.6. The van der Waals surface area contributed by atoms with Crippen LogP contribution in [-0.2, 0) is 14.3 Å². The number of hydrogen-bond donors (Lipinski definition) is 0. The molecule has 4 nitrogen and oxygen atoms in total. The quantitative estimate of drug-likeness (QED) is 0.620. The molecule has 0 spiro atoms. The number of methoxy groups -OCH3 is 1. The van der Waals surface area contributed by atoms with Crippen molar-refractivity contribution < 1.29 is 18.7 Å². The number of ether oxygens (including phenoxy) is 1. The highest BCUT2D eigenvalue weighted by atomic mass is 19.1. The number of anilines is 1. The van der Waals surface area contributed by atoms with Gasteiger partial charge in [-0.3, -0.25) is 9.69 Å². The molecule has 1 amide bonds. The topological polar surface area (TPSA) is 46.6 Å². The minimum atomic E-state index is -0.631. The van der Waals surface area contributed by atoms with Crippen molar-refractivity contribution in [2.75, 3.05) is 12.0 Å². The van der Waals surface area contributed by atoms with Crippen LogP contribution in [0.2, 0.25) is 0 Å². The van der Waals surface area contributed by atoms with Crippen molar-refractivity contribution in [3.63, 3.8) is 0 Å². The van der Waals surface area contributed by atoms with E-state index in [1.165, 1.54) is 24.1 Å². The zero-order valence-electron chi connectivity index (χ0n) is 14.7. The van der Waals surface area contributed by atoms with Crippen LogP contribution < -0.4 is 4.90 Å². The van der Waals surface area contributed by atoms with E-state index in [4.69, 9.17) is 4.74 Å². The first-order valence-corrected chi connectivity index (χ1v) is 8.11. The zero-order chi connectivity index (χ0) is 18.8. The maximum Gasteiger partial charge on any atom is 0.340 e. The third-order valence-electron chi connectivity index (χ3n) is 4.27. The second-order valence-corrected chi connectivity index (χ2v) is 6.01. The average molecular weight is 351 g/mol. The minimum Gasteiger partial charge on any atom is -0.465 e. The van der Waals surface area contributed by atoms with Crippen LogP contribution in [0, 0.1) is 12.7 Å². The van der Waals surface area contributed by atoms with E-state index in [-0.39, 0.29) is 16.8 Å². The summed E-state index contributed by atoms with van der Waals surface area (Å²) in [5, 5.41) is 0. The third kappa shape index (κ3) is 3.04. The zero-order valence-corrected chi connectivity index (χ0v) is 14.7. The fraction of sp³-hybridized carbons (Fsp3) is 0.143. The van der Waals surface area contributed by atoms with Gasteiger partial charge in [0, 0.05) is 5.70 Å². The Morgan fingerprint density at radius 1 is 1.08 bits per heavy atom. The summed E-state index contributed by atoms with van der Waals surface area (Å²) in [6.45, 7) is 3.56. The molecule has 3 rings (SSSR count). The summed E-state index contributed by atoms with van der Waals surface area (Å²) in [4.78, 5) is 26.5. The molecule has 0 radical (unpaired) electrons. The number of amides is 1. The number of esters is 1. The van der Waals surface area contributed by atoms with Gasteiger partial charge in [-0.2, -0.15) is 0 Å². The molecule has 132 valence electrons. The Bertz CT molecular complexity index is 942. The van der Waals surface area contributed by atoms with E-state index in [1.807, 2.05) is 31.2 Å². The lowest BCUT2D eigenvalue weighted by molar-refractivity contribution is -0.136. The molecule has 0 unspecified atom stereocenters. The van der Waals surface area contributed by atoms with Crippen LogP contribution in [-0.4, -0.2) is 19.0 Å². The normalized spacial score (nSPS) is 15.8. The number of carbonyl (C=O) groups excluding carboxylic acids is 2. The number of para-hydroxylation sites is 1. The number of allylic oxidation sites excluding steroid dienone is 1. The predicted octanol–water partition coefficient (Wildman–Crippen LogP) is 4.01. The fourth-order valence-electron chi connectivity index (χ4n) is 2.93. The van der Waals surface area contributed by atoms with Crippen molar-refractivity contribution in [3.8, 4) is 0 Å². The first-order valence-electron chi connectivity index (χ1n) is 8.11. The van der Waals surface area contributed by atoms with E-state index in [1.54, 1.807) is 25.1 Å². The smallest absolute Gasteiger partial charge is 0.340 e. The van der Waals surface area contributed by atoms with Gasteiger partial charge in [0.05, 0.1) is 23.9 Å². The Morgan fingerprint density at radius 2 is 1.73 bits per heavy atom. The van der Waals surface area contributed by atoms with Gasteiger partial charge < -0.3 is 4.74 Å². The summed E-state index contributed by atoms with van der Waals surface area (Å²) in [5.74, 6) is -1.64. The Labute approximate surface area is 151 Å². The Kier molecular flexibility index (Phi) is 4.71. The van der Waals surface area contributed by atoms with Gasteiger partial charge in [-0.1, -0.05) is 42.0 Å². The molecule has 1 aliphatic rings. The van der Waals surface area contributed by atoms with Crippen molar-refractivity contribution in [1.29, 1.82) is 0 Å². The van der Waals surface area contributed by atoms with Gasteiger partial charge in [-0.15, -0.1) is 0 Å². The first-order chi connectivity index (χ1) is 12.4. The molecular formula is C21H18FNO3. The largest absolute Gasteiger partial charge is 0.465 e. The highest BCUT2D eigenvalue weighted by Gasteiger charge is 2.38. The summed E-state index contributed by atoms with van der Waals surface area (Å²) < 4.78 is 19.1. The number of benzene rings is 2. The van der Waals surface area contributed by atoms with E-state index in [9.17, 15) is 14.0 Å². The molecule has 0 saturated heterocycles. The Hall–Kier alpha value is -3.21. The van der Waals surface area contributed by atoms with Crippen LogP contribution >= 0.6 is 0 Å². The van der Waals surface area contributed by atoms with Gasteiger partial charge in [0.15, 0.2) is 0 Å². The lowest BCUT2D eigenvalue weighted by Crippen LogP contribution is -2.25. The van der Waals surface area contributed by atoms with E-state index in [0.29, 0.717) is 5.70 Å². The van der Waals surface area contributed by atoms with Crippen molar-refractivity contribution >= 4 is 23.6 Å². The molecule has 0 N–H and O–H groups in total. The maximum absolute atomic E-state index is 14.2. The summed E-state index contributed by atoms with van der Waals surface area (Å²) in [6, 6.07) is 13.5. The molecule has 0 fully saturated rings. The lowest BCUT2D eigenvalue weighted by atomic mass is 10.0. The van der Waals surface area contributed by atoms with Gasteiger partial charge in [-0.05, 0) is 37.6 Å². The SMILES string of the molecule is COC(=O)C1=C(C)N(c2ccccc2F)C(=O)C1=Cc1ccc(C)cc1. The number of hydrogen-bond acceptors (Lipinski definition) is 3. The van der Waals surface area contributed by atoms with Gasteiger partial charge in [0.1, 0.15) is 5.82 Å². The van der Waals surface area contributed by atoms with Gasteiger partial charge in [0.25, 0.3) is 5.91 Å². The summed E-state index contributed by atoms with van der Waals surface area (Å²) in [5.41, 5.74) is 2.61. The lowest BCUT2D eigenvalue weighted by Gasteiger charge is -2.18. The average Bonchev–Trinajstić information content (AvgIpc) is 2.87. The number of rotatable bonds is 3. The molecule has 2 aromatic carbocycles. The van der Waals surface area contributed by atoms with E-state index in [2.05, 4.69) is 0 Å². The molecule has 2 aromatic rings. The van der Waals surface area contributed by atoms with E-state index < -0.39 is 17.7 Å². The molecule has 0 aliphatic carbocycles. The number of carbonyl (C=O) groups is 2. The second-order valence-electron chi connectivity index (χ2n) is 6.01. The molecule has 5 heteroatoms. The molecule has 0 bridgehead atoms.